The van der Waals surface area contributed by atoms with E-state index in [-0.39, 0.29) is 0 Å². The molecular formula is C11H18FmNO3-. The Morgan fingerprint density at radius 3 is 2.50 bits per heavy atom. The summed E-state index contributed by atoms with van der Waals surface area (Å²) in [6.45, 7) is 0. The Balaban J connectivity index is 0.00000225. The van der Waals surface area contributed by atoms with E-state index < -0.39 is 12.0 Å². The minimum absolute atomic E-state index is 0. The summed E-state index contributed by atoms with van der Waals surface area (Å²) in [5.41, 5.74) is 0. The number of hydrogen-bond donors (Lipinski definition) is 2. The van der Waals surface area contributed by atoms with Crippen LogP contribution >= 0.6 is 0 Å². The number of nitrogens with one attached hydrogen (secondary N) is 1. The first-order chi connectivity index (χ1) is 7.24. The molecule has 98 valence electrons. The Hall–Kier alpha value is -2.06. The maximum Gasteiger partial charge on any atom is 0.323 e. The van der Waals surface area contributed by atoms with Crippen LogP contribution in [0.1, 0.15) is 44.9 Å². The van der Waals surface area contributed by atoms with Crippen molar-refractivity contribution in [1.29, 1.82) is 0 Å². The SMILES string of the molecule is O=[C-]N[C@@H](CCC1CCCCC1)C(=O)O.[Fm]. The largest absolute Gasteiger partial charge is 0.520 e. The number of aliphatic carboxylic acids is 1. The third-order valence-electron chi connectivity index (χ3n) is 3.12. The van der Waals surface area contributed by atoms with Crippen molar-refractivity contribution in [3.05, 3.63) is 0 Å². The van der Waals surface area contributed by atoms with E-state index in [1.807, 2.05) is 0 Å². The second-order valence-electron chi connectivity index (χ2n) is 4.22. The molecule has 2 N–H and O–H groups in total. The van der Waals surface area contributed by atoms with Crippen LogP contribution in [0.15, 0.2) is 0 Å². The molecule has 4 nitrogen and oxygen atoms in total. The molecule has 1 aliphatic rings. The first-order valence-electron chi connectivity index (χ1n) is 5.59. The topological polar surface area (TPSA) is 66.4 Å². The van der Waals surface area contributed by atoms with E-state index in [1.165, 1.54) is 38.5 Å². The number of carbonyl (C=O) groups excluding carboxylic acids is 1. The molecule has 0 aromatic rings. The molecule has 16 heavy (non-hydrogen) atoms. The summed E-state index contributed by atoms with van der Waals surface area (Å²) in [4.78, 5) is 20.8. The smallest absolute Gasteiger partial charge is 0.323 e. The van der Waals surface area contributed by atoms with Gasteiger partial charge < -0.3 is 15.2 Å². The van der Waals surface area contributed by atoms with E-state index >= 15 is 0 Å². The summed E-state index contributed by atoms with van der Waals surface area (Å²) in [5.74, 6) is -0.316. The molecule has 0 aromatic heterocycles. The van der Waals surface area contributed by atoms with Crippen molar-refractivity contribution in [3.63, 3.8) is 0 Å². The maximum absolute atomic E-state index is 10.7. The Labute approximate surface area is 90.0 Å². The van der Waals surface area contributed by atoms with Gasteiger partial charge in [0.25, 0.3) is 0 Å². The summed E-state index contributed by atoms with van der Waals surface area (Å²) >= 11 is 0. The maximum atomic E-state index is 10.7. The van der Waals surface area contributed by atoms with Crippen LogP contribution in [0.5, 0.6) is 0 Å². The zero-order valence-electron chi connectivity index (χ0n) is 9.16. The third-order valence-corrected chi connectivity index (χ3v) is 3.12. The predicted octanol–water partition coefficient (Wildman–Crippen LogP) is 1.46. The molecule has 0 aliphatic heterocycles. The quantitative estimate of drug-likeness (QED) is 0.458. The van der Waals surface area contributed by atoms with E-state index in [0.29, 0.717) is 12.3 Å². The monoisotopic (exact) mass is 469 g/mol. The van der Waals surface area contributed by atoms with Gasteiger partial charge >= 0.3 is 5.97 Å². The van der Waals surface area contributed by atoms with E-state index in [1.54, 1.807) is 0 Å². The molecule has 0 spiro atoms. The predicted molar refractivity (Wildman–Crippen MR) is 56.1 cm³/mol. The van der Waals surface area contributed by atoms with Gasteiger partial charge in [0.2, 0.25) is 0 Å². The molecule has 1 amide bonds. The van der Waals surface area contributed by atoms with Gasteiger partial charge in [-0.1, -0.05) is 32.1 Å². The Kier molecular flexibility index (Phi) is 6.33. The average molecular weight is 469 g/mol. The Bertz CT molecular complexity index is 217. The van der Waals surface area contributed by atoms with Crippen molar-refractivity contribution in [2.45, 2.75) is 51.0 Å². The summed E-state index contributed by atoms with van der Waals surface area (Å²) in [6.07, 6.45) is 9.11. The molecule has 0 saturated heterocycles. The van der Waals surface area contributed by atoms with Crippen LogP contribution < -0.4 is 5.32 Å². The second-order valence-corrected chi connectivity index (χ2v) is 4.22. The molecule has 0 unspecified atom stereocenters. The third kappa shape index (κ3) is 4.44. The Morgan fingerprint density at radius 2 is 2.00 bits per heavy atom. The summed E-state index contributed by atoms with van der Waals surface area (Å²) in [7, 11) is 0. The van der Waals surface area contributed by atoms with Crippen LogP contribution in [0.25, 0.3) is 0 Å². The molecule has 1 saturated carbocycles. The molecule has 1 rings (SSSR count). The number of amides is 1. The zero-order valence-corrected chi connectivity index (χ0v) is 11.6. The number of hydrogen-bond acceptors (Lipinski definition) is 2. The molecular weight excluding hydrogens is 451 g/mol. The van der Waals surface area contributed by atoms with Crippen LogP contribution in [0.2, 0.25) is 0 Å². The van der Waals surface area contributed by atoms with Crippen molar-refractivity contribution in [3.8, 4) is 0 Å². The van der Waals surface area contributed by atoms with Gasteiger partial charge in [0.1, 0.15) is 0 Å². The standard InChI is InChI=1S/C11H18NO3.Fm/c13-8-12-10(11(14)15)7-6-9-4-2-1-3-5-9;/h9-10H,1-7H2,(H,12,13)(H,14,15);/q-1;/t10-;/m0./s1. The molecule has 0 aromatic carbocycles. The van der Waals surface area contributed by atoms with Gasteiger partial charge in [-0.3, -0.25) is 4.79 Å². The minimum Gasteiger partial charge on any atom is -0.520 e. The van der Waals surface area contributed by atoms with Crippen LogP contribution in [0.3, 0.4) is 0 Å². The fourth-order valence-electron chi connectivity index (χ4n) is 2.21. The number of carboxylic acid groups (broad SMARTS) is 1. The van der Waals surface area contributed by atoms with E-state index in [4.69, 9.17) is 5.11 Å². The van der Waals surface area contributed by atoms with E-state index in [9.17, 15) is 9.59 Å². The first-order valence-corrected chi connectivity index (χ1v) is 5.59. The number of carbonyl (C=O) groups is 1. The van der Waals surface area contributed by atoms with Gasteiger partial charge in [0, 0.05) is 0 Å². The molecule has 1 atom stereocenters. The normalized spacial score (nSPS) is 18.2. The number of carboxylic acids is 1. The minimum atomic E-state index is -0.964. The van der Waals surface area contributed by atoms with Crippen molar-refractivity contribution in [2.24, 2.45) is 5.92 Å². The van der Waals surface area contributed by atoms with Gasteiger partial charge in [0.05, 0.1) is 6.04 Å². The fraction of sp³-hybridized carbons (Fsp3) is 0.818. The van der Waals surface area contributed by atoms with Gasteiger partial charge in [-0.15, -0.1) is 0 Å². The average Bonchev–Trinajstić information content (AvgIpc) is 2.25. The van der Waals surface area contributed by atoms with Crippen molar-refractivity contribution >= 4 is 12.4 Å². The molecule has 1 aliphatic carbocycles. The van der Waals surface area contributed by atoms with Gasteiger partial charge in [0.15, 0.2) is 0 Å². The number of rotatable bonds is 6. The van der Waals surface area contributed by atoms with Crippen LogP contribution in [-0.4, -0.2) is 23.5 Å². The summed E-state index contributed by atoms with van der Waals surface area (Å²) < 4.78 is 0. The molecule has 1 fully saturated rings. The summed E-state index contributed by atoms with van der Waals surface area (Å²) in [5, 5.41) is 11.0. The second kappa shape index (κ2) is 7.26. The van der Waals surface area contributed by atoms with Crippen LogP contribution in [-0.2, 0) is 9.59 Å². The fourth-order valence-corrected chi connectivity index (χ4v) is 2.21. The zero-order chi connectivity index (χ0) is 11.1. The molecule has 5 heteroatoms. The van der Waals surface area contributed by atoms with E-state index in [0.717, 1.165) is 6.42 Å². The van der Waals surface area contributed by atoms with Crippen molar-refractivity contribution in [2.75, 3.05) is 0 Å². The van der Waals surface area contributed by atoms with Crippen LogP contribution in [0.4, 0.5) is 0 Å². The molecule has 0 radical (unpaired) electrons. The molecule has 0 heterocycles. The first kappa shape index (κ1) is 13.9. The van der Waals surface area contributed by atoms with Crippen LogP contribution in [0, 0.1) is 5.92 Å². The van der Waals surface area contributed by atoms with Gasteiger partial charge in [-0.25, -0.2) is 0 Å². The van der Waals surface area contributed by atoms with Gasteiger partial charge in [-0.05, 0) is 18.8 Å². The summed E-state index contributed by atoms with van der Waals surface area (Å²) in [6, 6.07) is -0.760. The Morgan fingerprint density at radius 1 is 1.38 bits per heavy atom. The van der Waals surface area contributed by atoms with Gasteiger partial charge in [-0.2, -0.15) is 6.41 Å². The van der Waals surface area contributed by atoms with E-state index in [2.05, 4.69) is 5.32 Å². The van der Waals surface area contributed by atoms with Crippen molar-refractivity contribution < 1.29 is 14.7 Å². The van der Waals surface area contributed by atoms with Crippen molar-refractivity contribution in [1.82, 2.24) is 5.32 Å². The molecule has 0 bridgehead atoms.